The first-order chi connectivity index (χ1) is 7.22. The SMILES string of the molecule is COCC(C)CNC(=O)CC1CCNC1. The van der Waals surface area contributed by atoms with Gasteiger partial charge in [-0.15, -0.1) is 0 Å². The highest BCUT2D eigenvalue weighted by atomic mass is 16.5. The maximum atomic E-state index is 11.5. The number of hydrogen-bond acceptors (Lipinski definition) is 3. The van der Waals surface area contributed by atoms with Crippen LogP contribution in [-0.2, 0) is 9.53 Å². The highest BCUT2D eigenvalue weighted by Crippen LogP contribution is 2.11. The second-order valence-electron chi connectivity index (χ2n) is 4.43. The summed E-state index contributed by atoms with van der Waals surface area (Å²) in [7, 11) is 1.68. The van der Waals surface area contributed by atoms with Crippen LogP contribution < -0.4 is 10.6 Å². The fourth-order valence-electron chi connectivity index (χ4n) is 1.85. The summed E-state index contributed by atoms with van der Waals surface area (Å²) in [6, 6.07) is 0. The predicted molar refractivity (Wildman–Crippen MR) is 59.6 cm³/mol. The normalized spacial score (nSPS) is 22.7. The number of rotatable bonds is 6. The van der Waals surface area contributed by atoms with Gasteiger partial charge in [0.1, 0.15) is 0 Å². The zero-order valence-electron chi connectivity index (χ0n) is 9.71. The van der Waals surface area contributed by atoms with E-state index in [0.717, 1.165) is 19.5 Å². The van der Waals surface area contributed by atoms with E-state index < -0.39 is 0 Å². The Morgan fingerprint density at radius 2 is 2.47 bits per heavy atom. The van der Waals surface area contributed by atoms with Gasteiger partial charge < -0.3 is 15.4 Å². The summed E-state index contributed by atoms with van der Waals surface area (Å²) < 4.78 is 5.01. The Balaban J connectivity index is 2.07. The molecule has 1 heterocycles. The first-order valence-corrected chi connectivity index (χ1v) is 5.68. The molecule has 1 saturated heterocycles. The molecule has 4 heteroatoms. The molecule has 0 bridgehead atoms. The molecule has 88 valence electrons. The van der Waals surface area contributed by atoms with Crippen LogP contribution in [0.2, 0.25) is 0 Å². The molecule has 2 atom stereocenters. The van der Waals surface area contributed by atoms with Crippen molar-refractivity contribution in [3.8, 4) is 0 Å². The van der Waals surface area contributed by atoms with Gasteiger partial charge in [0.25, 0.3) is 0 Å². The standard InChI is InChI=1S/C11H22N2O2/c1-9(8-15-2)6-13-11(14)5-10-3-4-12-7-10/h9-10,12H,3-8H2,1-2H3,(H,13,14). The van der Waals surface area contributed by atoms with E-state index in [0.29, 0.717) is 31.4 Å². The lowest BCUT2D eigenvalue weighted by Gasteiger charge is -2.13. The third-order valence-electron chi connectivity index (χ3n) is 2.74. The van der Waals surface area contributed by atoms with Crippen LogP contribution in [0.1, 0.15) is 19.8 Å². The third kappa shape index (κ3) is 5.14. The maximum Gasteiger partial charge on any atom is 0.220 e. The first kappa shape index (κ1) is 12.5. The summed E-state index contributed by atoms with van der Waals surface area (Å²) in [6.45, 7) is 5.53. The van der Waals surface area contributed by atoms with Crippen LogP contribution in [0.15, 0.2) is 0 Å². The van der Waals surface area contributed by atoms with Gasteiger partial charge in [0, 0.05) is 20.1 Å². The largest absolute Gasteiger partial charge is 0.384 e. The minimum Gasteiger partial charge on any atom is -0.384 e. The molecule has 0 aromatic carbocycles. The molecule has 4 nitrogen and oxygen atoms in total. The molecule has 1 fully saturated rings. The summed E-state index contributed by atoms with van der Waals surface area (Å²) >= 11 is 0. The van der Waals surface area contributed by atoms with Gasteiger partial charge in [0.15, 0.2) is 0 Å². The molecule has 0 saturated carbocycles. The topological polar surface area (TPSA) is 50.4 Å². The minimum atomic E-state index is 0.173. The van der Waals surface area contributed by atoms with Crippen LogP contribution in [0, 0.1) is 11.8 Å². The molecule has 0 radical (unpaired) electrons. The van der Waals surface area contributed by atoms with E-state index in [1.807, 2.05) is 0 Å². The summed E-state index contributed by atoms with van der Waals surface area (Å²) in [5.74, 6) is 1.09. The van der Waals surface area contributed by atoms with Crippen molar-refractivity contribution in [3.05, 3.63) is 0 Å². The summed E-state index contributed by atoms with van der Waals surface area (Å²) in [5.41, 5.74) is 0. The number of methoxy groups -OCH3 is 1. The summed E-state index contributed by atoms with van der Waals surface area (Å²) in [4.78, 5) is 11.5. The zero-order valence-corrected chi connectivity index (χ0v) is 9.71. The lowest BCUT2D eigenvalue weighted by Crippen LogP contribution is -2.31. The van der Waals surface area contributed by atoms with E-state index in [1.54, 1.807) is 7.11 Å². The van der Waals surface area contributed by atoms with Gasteiger partial charge in [0.05, 0.1) is 6.61 Å². The van der Waals surface area contributed by atoms with Gasteiger partial charge in [-0.2, -0.15) is 0 Å². The minimum absolute atomic E-state index is 0.173. The average molecular weight is 214 g/mol. The van der Waals surface area contributed by atoms with Gasteiger partial charge in [-0.1, -0.05) is 6.92 Å². The van der Waals surface area contributed by atoms with Gasteiger partial charge in [-0.05, 0) is 31.3 Å². The number of nitrogens with one attached hydrogen (secondary N) is 2. The molecule has 2 unspecified atom stereocenters. The molecule has 1 rings (SSSR count). The van der Waals surface area contributed by atoms with Crippen LogP contribution >= 0.6 is 0 Å². The molecular weight excluding hydrogens is 192 g/mol. The Bertz CT molecular complexity index is 191. The van der Waals surface area contributed by atoms with Crippen molar-refractivity contribution in [2.24, 2.45) is 11.8 Å². The molecule has 0 aromatic rings. The fourth-order valence-corrected chi connectivity index (χ4v) is 1.85. The molecule has 0 aromatic heterocycles. The molecule has 15 heavy (non-hydrogen) atoms. The van der Waals surface area contributed by atoms with Crippen molar-refractivity contribution >= 4 is 5.91 Å². The van der Waals surface area contributed by atoms with Crippen LogP contribution in [0.4, 0.5) is 0 Å². The fraction of sp³-hybridized carbons (Fsp3) is 0.909. The van der Waals surface area contributed by atoms with Crippen molar-refractivity contribution in [1.29, 1.82) is 0 Å². The highest BCUT2D eigenvalue weighted by molar-refractivity contribution is 5.76. The van der Waals surface area contributed by atoms with Gasteiger partial charge in [-0.25, -0.2) is 0 Å². The number of amides is 1. The quantitative estimate of drug-likeness (QED) is 0.672. The Morgan fingerprint density at radius 1 is 1.67 bits per heavy atom. The van der Waals surface area contributed by atoms with Gasteiger partial charge in [-0.3, -0.25) is 4.79 Å². The lowest BCUT2D eigenvalue weighted by atomic mass is 10.0. The van der Waals surface area contributed by atoms with Gasteiger partial charge >= 0.3 is 0 Å². The van der Waals surface area contributed by atoms with E-state index in [9.17, 15) is 4.79 Å². The van der Waals surface area contributed by atoms with Crippen molar-refractivity contribution < 1.29 is 9.53 Å². The molecule has 0 spiro atoms. The Hall–Kier alpha value is -0.610. The van der Waals surface area contributed by atoms with Crippen molar-refractivity contribution in [3.63, 3.8) is 0 Å². The van der Waals surface area contributed by atoms with E-state index >= 15 is 0 Å². The Kier molecular flexibility index (Phi) is 5.65. The van der Waals surface area contributed by atoms with Crippen LogP contribution in [0.25, 0.3) is 0 Å². The number of carbonyl (C=O) groups excluding carboxylic acids is 1. The molecule has 2 N–H and O–H groups in total. The molecule has 1 aliphatic heterocycles. The van der Waals surface area contributed by atoms with Crippen LogP contribution in [0.3, 0.4) is 0 Å². The maximum absolute atomic E-state index is 11.5. The Labute approximate surface area is 91.8 Å². The molecular formula is C11H22N2O2. The average Bonchev–Trinajstić information content (AvgIpc) is 2.68. The molecule has 1 aliphatic rings. The molecule has 0 aliphatic carbocycles. The number of hydrogen-bond donors (Lipinski definition) is 2. The van der Waals surface area contributed by atoms with E-state index in [2.05, 4.69) is 17.6 Å². The van der Waals surface area contributed by atoms with Crippen LogP contribution in [0.5, 0.6) is 0 Å². The lowest BCUT2D eigenvalue weighted by molar-refractivity contribution is -0.122. The zero-order chi connectivity index (χ0) is 11.1. The number of ether oxygens (including phenoxy) is 1. The first-order valence-electron chi connectivity index (χ1n) is 5.68. The monoisotopic (exact) mass is 214 g/mol. The van der Waals surface area contributed by atoms with E-state index in [4.69, 9.17) is 4.74 Å². The van der Waals surface area contributed by atoms with Crippen LogP contribution in [-0.4, -0.2) is 39.3 Å². The predicted octanol–water partition coefficient (Wildman–Crippen LogP) is 0.385. The number of carbonyl (C=O) groups is 1. The summed E-state index contributed by atoms with van der Waals surface area (Å²) in [5, 5.41) is 6.21. The third-order valence-corrected chi connectivity index (χ3v) is 2.74. The Morgan fingerprint density at radius 3 is 3.07 bits per heavy atom. The van der Waals surface area contributed by atoms with Crippen molar-refractivity contribution in [2.45, 2.75) is 19.8 Å². The van der Waals surface area contributed by atoms with Gasteiger partial charge in [0.2, 0.25) is 5.91 Å². The smallest absolute Gasteiger partial charge is 0.220 e. The summed E-state index contributed by atoms with van der Waals surface area (Å²) in [6.07, 6.45) is 1.79. The highest BCUT2D eigenvalue weighted by Gasteiger charge is 2.17. The second kappa shape index (κ2) is 6.80. The van der Waals surface area contributed by atoms with Crippen molar-refractivity contribution in [2.75, 3.05) is 33.4 Å². The second-order valence-corrected chi connectivity index (χ2v) is 4.43. The van der Waals surface area contributed by atoms with E-state index in [1.165, 1.54) is 0 Å². The molecule has 1 amide bonds. The van der Waals surface area contributed by atoms with Crippen molar-refractivity contribution in [1.82, 2.24) is 10.6 Å². The van der Waals surface area contributed by atoms with E-state index in [-0.39, 0.29) is 5.91 Å².